The van der Waals surface area contributed by atoms with Gasteiger partial charge in [-0.05, 0) is 36.1 Å². The van der Waals surface area contributed by atoms with E-state index in [9.17, 15) is 0 Å². The van der Waals surface area contributed by atoms with Crippen LogP contribution in [-0.2, 0) is 0 Å². The Hall–Kier alpha value is -1.42. The van der Waals surface area contributed by atoms with Crippen molar-refractivity contribution < 1.29 is 4.74 Å². The predicted molar refractivity (Wildman–Crippen MR) is 73.4 cm³/mol. The van der Waals surface area contributed by atoms with Crippen LogP contribution in [0.2, 0.25) is 0 Å². The molecule has 0 aliphatic rings. The lowest BCUT2D eigenvalue weighted by molar-refractivity contribution is 0.414. The van der Waals surface area contributed by atoms with Crippen molar-refractivity contribution >= 4 is 0 Å². The highest BCUT2D eigenvalue weighted by molar-refractivity contribution is 5.37. The van der Waals surface area contributed by atoms with Crippen LogP contribution in [0.4, 0.5) is 0 Å². The molecule has 0 heterocycles. The molecule has 1 rings (SSSR count). The fraction of sp³-hybridized carbons (Fsp3) is 0.500. The van der Waals surface area contributed by atoms with E-state index in [2.05, 4.69) is 51.7 Å². The standard InChI is InChI=1S/C16H22O/c1-6-7-8-12(2)14(4)16-10-9-15(17-5)11-13(16)3/h9-12,14H,6H2,1-5H3. The summed E-state index contributed by atoms with van der Waals surface area (Å²) in [6, 6.07) is 6.27. The number of hydrogen-bond acceptors (Lipinski definition) is 1. The zero-order valence-electron chi connectivity index (χ0n) is 11.5. The lowest BCUT2D eigenvalue weighted by Gasteiger charge is -2.18. The molecule has 1 nitrogen and oxygen atoms in total. The maximum Gasteiger partial charge on any atom is 0.119 e. The molecule has 0 bridgehead atoms. The van der Waals surface area contributed by atoms with Crippen molar-refractivity contribution in [3.05, 3.63) is 29.3 Å². The molecule has 17 heavy (non-hydrogen) atoms. The third kappa shape index (κ3) is 3.53. The fourth-order valence-electron chi connectivity index (χ4n) is 1.94. The van der Waals surface area contributed by atoms with Gasteiger partial charge in [0.25, 0.3) is 0 Å². The molecule has 0 amide bonds. The summed E-state index contributed by atoms with van der Waals surface area (Å²) in [4.78, 5) is 0. The third-order valence-corrected chi connectivity index (χ3v) is 3.22. The van der Waals surface area contributed by atoms with E-state index in [1.165, 1.54) is 11.1 Å². The topological polar surface area (TPSA) is 9.23 Å². The van der Waals surface area contributed by atoms with Crippen LogP contribution in [0.3, 0.4) is 0 Å². The molecule has 1 aromatic rings. The van der Waals surface area contributed by atoms with Crippen LogP contribution < -0.4 is 4.74 Å². The lowest BCUT2D eigenvalue weighted by atomic mass is 9.86. The summed E-state index contributed by atoms with van der Waals surface area (Å²) in [7, 11) is 1.70. The van der Waals surface area contributed by atoms with Crippen molar-refractivity contribution in [3.63, 3.8) is 0 Å². The molecule has 2 atom stereocenters. The second kappa shape index (κ2) is 6.35. The van der Waals surface area contributed by atoms with Crippen molar-refractivity contribution in [3.8, 4) is 17.6 Å². The Kier molecular flexibility index (Phi) is 5.10. The van der Waals surface area contributed by atoms with E-state index in [4.69, 9.17) is 4.74 Å². The van der Waals surface area contributed by atoms with Crippen LogP contribution >= 0.6 is 0 Å². The molecule has 0 fully saturated rings. The zero-order chi connectivity index (χ0) is 12.8. The maximum atomic E-state index is 5.23. The predicted octanol–water partition coefficient (Wildman–Crippen LogP) is 4.16. The van der Waals surface area contributed by atoms with Gasteiger partial charge in [0.05, 0.1) is 7.11 Å². The van der Waals surface area contributed by atoms with E-state index >= 15 is 0 Å². The molecular formula is C16H22O. The monoisotopic (exact) mass is 230 g/mol. The first-order valence-corrected chi connectivity index (χ1v) is 6.23. The molecule has 0 aliphatic heterocycles. The SMILES string of the molecule is CCC#CC(C)C(C)c1ccc(OC)cc1C. The van der Waals surface area contributed by atoms with Gasteiger partial charge in [0.15, 0.2) is 0 Å². The van der Waals surface area contributed by atoms with Crippen LogP contribution in [0.5, 0.6) is 5.75 Å². The molecule has 92 valence electrons. The highest BCUT2D eigenvalue weighted by Gasteiger charge is 2.14. The zero-order valence-corrected chi connectivity index (χ0v) is 11.5. The molecule has 0 radical (unpaired) electrons. The molecule has 0 N–H and O–H groups in total. The summed E-state index contributed by atoms with van der Waals surface area (Å²) < 4.78 is 5.23. The van der Waals surface area contributed by atoms with E-state index in [0.29, 0.717) is 11.8 Å². The van der Waals surface area contributed by atoms with Gasteiger partial charge in [-0.15, -0.1) is 5.92 Å². The van der Waals surface area contributed by atoms with Crippen LogP contribution in [-0.4, -0.2) is 7.11 Å². The van der Waals surface area contributed by atoms with Crippen LogP contribution in [0.1, 0.15) is 44.2 Å². The molecule has 1 aromatic carbocycles. The third-order valence-electron chi connectivity index (χ3n) is 3.22. The summed E-state index contributed by atoms with van der Waals surface area (Å²) in [6.07, 6.45) is 0.929. The summed E-state index contributed by atoms with van der Waals surface area (Å²) in [5, 5.41) is 0. The highest BCUT2D eigenvalue weighted by atomic mass is 16.5. The summed E-state index contributed by atoms with van der Waals surface area (Å²) in [5.74, 6) is 8.24. The van der Waals surface area contributed by atoms with Crippen molar-refractivity contribution in [1.82, 2.24) is 0 Å². The van der Waals surface area contributed by atoms with Gasteiger partial charge in [-0.1, -0.05) is 32.8 Å². The molecule has 1 heteroatoms. The number of benzene rings is 1. The first kappa shape index (κ1) is 13.6. The molecular weight excluding hydrogens is 208 g/mol. The largest absolute Gasteiger partial charge is 0.497 e. The van der Waals surface area contributed by atoms with Gasteiger partial charge in [0, 0.05) is 12.3 Å². The van der Waals surface area contributed by atoms with Crippen molar-refractivity contribution in [2.75, 3.05) is 7.11 Å². The molecule has 0 spiro atoms. The Morgan fingerprint density at radius 1 is 1.29 bits per heavy atom. The van der Waals surface area contributed by atoms with Crippen molar-refractivity contribution in [1.29, 1.82) is 0 Å². The Labute approximate surface area is 105 Å². The molecule has 0 saturated heterocycles. The van der Waals surface area contributed by atoms with E-state index in [0.717, 1.165) is 12.2 Å². The second-order valence-electron chi connectivity index (χ2n) is 4.47. The minimum absolute atomic E-state index is 0.391. The quantitative estimate of drug-likeness (QED) is 0.709. The Morgan fingerprint density at radius 3 is 2.53 bits per heavy atom. The van der Waals surface area contributed by atoms with Crippen molar-refractivity contribution in [2.24, 2.45) is 5.92 Å². The molecule has 0 aliphatic carbocycles. The first-order valence-electron chi connectivity index (χ1n) is 6.23. The Morgan fingerprint density at radius 2 is 2.00 bits per heavy atom. The van der Waals surface area contributed by atoms with Crippen LogP contribution in [0, 0.1) is 24.7 Å². The van der Waals surface area contributed by atoms with Gasteiger partial charge in [-0.25, -0.2) is 0 Å². The normalized spacial score (nSPS) is 13.5. The summed E-state index contributed by atoms with van der Waals surface area (Å²) in [5.41, 5.74) is 2.64. The number of methoxy groups -OCH3 is 1. The smallest absolute Gasteiger partial charge is 0.119 e. The second-order valence-corrected chi connectivity index (χ2v) is 4.47. The summed E-state index contributed by atoms with van der Waals surface area (Å²) >= 11 is 0. The minimum Gasteiger partial charge on any atom is -0.497 e. The van der Waals surface area contributed by atoms with Gasteiger partial charge < -0.3 is 4.74 Å². The van der Waals surface area contributed by atoms with Crippen molar-refractivity contribution in [2.45, 2.75) is 40.0 Å². The minimum atomic E-state index is 0.391. The number of ether oxygens (including phenoxy) is 1. The maximum absolute atomic E-state index is 5.23. The number of hydrogen-bond donors (Lipinski definition) is 0. The van der Waals surface area contributed by atoms with E-state index in [1.54, 1.807) is 7.11 Å². The number of rotatable bonds is 3. The van der Waals surface area contributed by atoms with Crippen LogP contribution in [0.25, 0.3) is 0 Å². The average Bonchev–Trinajstić information content (AvgIpc) is 2.34. The molecule has 2 unspecified atom stereocenters. The number of aryl methyl sites for hydroxylation is 1. The van der Waals surface area contributed by atoms with Crippen LogP contribution in [0.15, 0.2) is 18.2 Å². The van der Waals surface area contributed by atoms with E-state index in [-0.39, 0.29) is 0 Å². The highest BCUT2D eigenvalue weighted by Crippen LogP contribution is 2.28. The molecule has 0 aromatic heterocycles. The molecule has 0 saturated carbocycles. The van der Waals surface area contributed by atoms with Gasteiger partial charge in [0.2, 0.25) is 0 Å². The van der Waals surface area contributed by atoms with E-state index in [1.807, 2.05) is 6.07 Å². The van der Waals surface area contributed by atoms with E-state index < -0.39 is 0 Å². The van der Waals surface area contributed by atoms with Gasteiger partial charge in [0.1, 0.15) is 5.75 Å². The fourth-order valence-corrected chi connectivity index (χ4v) is 1.94. The van der Waals surface area contributed by atoms with Gasteiger partial charge >= 0.3 is 0 Å². The summed E-state index contributed by atoms with van der Waals surface area (Å²) in [6.45, 7) is 8.65. The average molecular weight is 230 g/mol. The first-order chi connectivity index (χ1) is 8.10. The van der Waals surface area contributed by atoms with Gasteiger partial charge in [-0.2, -0.15) is 0 Å². The lowest BCUT2D eigenvalue weighted by Crippen LogP contribution is -2.06. The Balaban J connectivity index is 2.92. The van der Waals surface area contributed by atoms with Gasteiger partial charge in [-0.3, -0.25) is 0 Å². The Bertz CT molecular complexity index is 423.